The Morgan fingerprint density at radius 3 is 3.00 bits per heavy atom. The van der Waals surface area contributed by atoms with Gasteiger partial charge in [-0.1, -0.05) is 0 Å². The summed E-state index contributed by atoms with van der Waals surface area (Å²) in [6.07, 6.45) is 0.680. The first-order chi connectivity index (χ1) is 9.20. The Morgan fingerprint density at radius 1 is 1.53 bits per heavy atom. The molecule has 0 aliphatic rings. The van der Waals surface area contributed by atoms with E-state index in [1.54, 1.807) is 5.51 Å². The Kier molecular flexibility index (Phi) is 4.24. The fraction of sp³-hybridized carbons (Fsp3) is 0.273. The van der Waals surface area contributed by atoms with E-state index in [0.717, 1.165) is 5.69 Å². The van der Waals surface area contributed by atoms with Gasteiger partial charge in [-0.3, -0.25) is 10.1 Å². The number of aromatic nitrogens is 2. The molecule has 0 saturated carbocycles. The molecule has 0 aliphatic carbocycles. The van der Waals surface area contributed by atoms with Crippen molar-refractivity contribution in [2.75, 3.05) is 19.0 Å². The van der Waals surface area contributed by atoms with Crippen molar-refractivity contribution in [1.82, 2.24) is 9.97 Å². The highest BCUT2D eigenvalue weighted by Crippen LogP contribution is 2.24. The molecule has 0 saturated heterocycles. The normalized spacial score (nSPS) is 10.2. The van der Waals surface area contributed by atoms with Gasteiger partial charge in [0.15, 0.2) is 0 Å². The van der Waals surface area contributed by atoms with E-state index in [1.165, 1.54) is 30.6 Å². The highest BCUT2D eigenvalue weighted by Gasteiger charge is 2.15. The molecule has 0 aromatic carbocycles. The summed E-state index contributed by atoms with van der Waals surface area (Å²) in [7, 11) is 1.47. The highest BCUT2D eigenvalue weighted by atomic mass is 32.1. The van der Waals surface area contributed by atoms with E-state index in [2.05, 4.69) is 15.3 Å². The van der Waals surface area contributed by atoms with Crippen LogP contribution in [-0.4, -0.2) is 28.5 Å². The largest absolute Gasteiger partial charge is 0.481 e. The van der Waals surface area contributed by atoms with Crippen LogP contribution in [0.2, 0.25) is 0 Å². The number of anilines is 1. The summed E-state index contributed by atoms with van der Waals surface area (Å²) in [5, 5.41) is 15.8. The Hall–Kier alpha value is -2.22. The van der Waals surface area contributed by atoms with Gasteiger partial charge in [-0.25, -0.2) is 4.98 Å². The average molecular weight is 280 g/mol. The van der Waals surface area contributed by atoms with Crippen molar-refractivity contribution in [3.63, 3.8) is 0 Å². The maximum atomic E-state index is 10.9. The Morgan fingerprint density at radius 2 is 2.37 bits per heavy atom. The Balaban J connectivity index is 2.06. The molecule has 2 aromatic rings. The lowest BCUT2D eigenvalue weighted by Gasteiger charge is -2.06. The lowest BCUT2D eigenvalue weighted by molar-refractivity contribution is -0.384. The third kappa shape index (κ3) is 3.38. The molecule has 0 amide bonds. The second kappa shape index (κ2) is 6.10. The average Bonchev–Trinajstić information content (AvgIpc) is 2.91. The van der Waals surface area contributed by atoms with Crippen LogP contribution in [0.1, 0.15) is 5.69 Å². The summed E-state index contributed by atoms with van der Waals surface area (Å²) in [6.45, 7) is 0.519. The van der Waals surface area contributed by atoms with Crippen LogP contribution in [0.25, 0.3) is 0 Å². The highest BCUT2D eigenvalue weighted by molar-refractivity contribution is 7.07. The van der Waals surface area contributed by atoms with E-state index >= 15 is 0 Å². The van der Waals surface area contributed by atoms with Crippen molar-refractivity contribution in [2.24, 2.45) is 0 Å². The Bertz CT molecular complexity index is 559. The molecular weight excluding hydrogens is 268 g/mol. The van der Waals surface area contributed by atoms with E-state index < -0.39 is 4.92 Å². The van der Waals surface area contributed by atoms with Crippen molar-refractivity contribution in [2.45, 2.75) is 6.42 Å². The van der Waals surface area contributed by atoms with Crippen LogP contribution in [0.15, 0.2) is 23.0 Å². The number of nitro groups is 1. The number of nitrogens with zero attached hydrogens (tertiary/aromatic N) is 3. The first-order valence-electron chi connectivity index (χ1n) is 5.51. The minimum Gasteiger partial charge on any atom is -0.481 e. The van der Waals surface area contributed by atoms with Gasteiger partial charge in [-0.05, 0) is 0 Å². The lowest BCUT2D eigenvalue weighted by Crippen LogP contribution is -2.09. The number of pyridine rings is 1. The van der Waals surface area contributed by atoms with Gasteiger partial charge in [0.25, 0.3) is 0 Å². The molecule has 0 spiro atoms. The zero-order chi connectivity index (χ0) is 13.7. The van der Waals surface area contributed by atoms with Gasteiger partial charge >= 0.3 is 5.69 Å². The standard InChI is InChI=1S/C11H12N4O3S/c1-18-10-3-2-9(15(16)17)11(14-10)12-5-4-8-6-19-7-13-8/h2-3,6-7H,4-5H2,1H3,(H,12,14). The van der Waals surface area contributed by atoms with Gasteiger partial charge < -0.3 is 10.1 Å². The zero-order valence-corrected chi connectivity index (χ0v) is 11.0. The molecule has 19 heavy (non-hydrogen) atoms. The van der Waals surface area contributed by atoms with Gasteiger partial charge in [0.2, 0.25) is 11.7 Å². The molecule has 0 bridgehead atoms. The van der Waals surface area contributed by atoms with Crippen molar-refractivity contribution >= 4 is 22.8 Å². The molecule has 100 valence electrons. The summed E-state index contributed by atoms with van der Waals surface area (Å²) in [5.41, 5.74) is 2.63. The number of hydrogen-bond acceptors (Lipinski definition) is 7. The fourth-order valence-corrected chi connectivity index (χ4v) is 2.09. The fourth-order valence-electron chi connectivity index (χ4n) is 1.49. The van der Waals surface area contributed by atoms with Crippen molar-refractivity contribution in [3.05, 3.63) is 38.8 Å². The maximum Gasteiger partial charge on any atom is 0.311 e. The molecule has 1 N–H and O–H groups in total. The second-order valence-corrected chi connectivity index (χ2v) is 4.35. The zero-order valence-electron chi connectivity index (χ0n) is 10.2. The molecule has 2 rings (SSSR count). The first kappa shape index (κ1) is 13.2. The summed E-state index contributed by atoms with van der Waals surface area (Å²) in [6, 6.07) is 2.83. The van der Waals surface area contributed by atoms with Crippen LogP contribution in [-0.2, 0) is 6.42 Å². The number of hydrogen-bond donors (Lipinski definition) is 1. The van der Waals surface area contributed by atoms with Gasteiger partial charge in [-0.2, -0.15) is 4.98 Å². The van der Waals surface area contributed by atoms with Gasteiger partial charge in [0.1, 0.15) is 0 Å². The minimum absolute atomic E-state index is 0.0703. The van der Waals surface area contributed by atoms with Crippen molar-refractivity contribution in [3.8, 4) is 5.88 Å². The van der Waals surface area contributed by atoms with E-state index in [9.17, 15) is 10.1 Å². The summed E-state index contributed by atoms with van der Waals surface area (Å²) in [4.78, 5) is 18.6. The van der Waals surface area contributed by atoms with Crippen LogP contribution in [0, 0.1) is 10.1 Å². The molecule has 2 heterocycles. The molecule has 2 aromatic heterocycles. The number of rotatable bonds is 6. The van der Waals surface area contributed by atoms with E-state index in [4.69, 9.17) is 4.74 Å². The van der Waals surface area contributed by atoms with E-state index in [-0.39, 0.29) is 11.5 Å². The third-order valence-corrected chi connectivity index (χ3v) is 3.05. The van der Waals surface area contributed by atoms with Crippen molar-refractivity contribution in [1.29, 1.82) is 0 Å². The van der Waals surface area contributed by atoms with Crippen LogP contribution < -0.4 is 10.1 Å². The molecule has 0 aliphatic heterocycles. The molecular formula is C11H12N4O3S. The molecule has 0 atom stereocenters. The predicted octanol–water partition coefficient (Wildman–Crippen LogP) is 2.11. The van der Waals surface area contributed by atoms with Crippen LogP contribution >= 0.6 is 11.3 Å². The minimum atomic E-state index is -0.475. The topological polar surface area (TPSA) is 90.2 Å². The summed E-state index contributed by atoms with van der Waals surface area (Å²) >= 11 is 1.52. The monoisotopic (exact) mass is 280 g/mol. The third-order valence-electron chi connectivity index (χ3n) is 2.41. The van der Waals surface area contributed by atoms with E-state index in [1.807, 2.05) is 5.38 Å². The number of nitrogens with one attached hydrogen (secondary N) is 1. The first-order valence-corrected chi connectivity index (χ1v) is 6.45. The number of ether oxygens (including phenoxy) is 1. The van der Waals surface area contributed by atoms with E-state index in [0.29, 0.717) is 18.8 Å². The molecule has 0 unspecified atom stereocenters. The number of thiazole rings is 1. The summed E-state index contributed by atoms with van der Waals surface area (Å²) < 4.78 is 4.96. The molecule has 0 fully saturated rings. The molecule has 8 heteroatoms. The summed E-state index contributed by atoms with van der Waals surface area (Å²) in [5.74, 6) is 0.543. The molecule has 0 radical (unpaired) electrons. The smallest absolute Gasteiger partial charge is 0.311 e. The SMILES string of the molecule is COc1ccc([N+](=O)[O-])c(NCCc2cscn2)n1. The van der Waals surface area contributed by atoms with Gasteiger partial charge in [-0.15, -0.1) is 11.3 Å². The van der Waals surface area contributed by atoms with Crippen LogP contribution in [0.5, 0.6) is 5.88 Å². The van der Waals surface area contributed by atoms with Crippen molar-refractivity contribution < 1.29 is 9.66 Å². The lowest BCUT2D eigenvalue weighted by atomic mass is 10.3. The van der Waals surface area contributed by atoms with Crippen LogP contribution in [0.3, 0.4) is 0 Å². The number of methoxy groups -OCH3 is 1. The van der Waals surface area contributed by atoms with Gasteiger partial charge in [0.05, 0.1) is 23.2 Å². The molecule has 7 nitrogen and oxygen atoms in total. The Labute approximate surface area is 113 Å². The predicted molar refractivity (Wildman–Crippen MR) is 71.8 cm³/mol. The second-order valence-electron chi connectivity index (χ2n) is 3.64. The quantitative estimate of drug-likeness (QED) is 0.643. The maximum absolute atomic E-state index is 10.9. The van der Waals surface area contributed by atoms with Gasteiger partial charge in [0, 0.05) is 30.5 Å². The van der Waals surface area contributed by atoms with Crippen LogP contribution in [0.4, 0.5) is 11.5 Å².